The third-order valence-electron chi connectivity index (χ3n) is 3.24. The molecule has 0 aromatic heterocycles. The van der Waals surface area contributed by atoms with Crippen LogP contribution in [-0.2, 0) is 13.6 Å². The van der Waals surface area contributed by atoms with Crippen LogP contribution in [0, 0.1) is 0 Å². The Balaban J connectivity index is 2.75. The van der Waals surface area contributed by atoms with Crippen molar-refractivity contribution in [2.24, 2.45) is 0 Å². The summed E-state index contributed by atoms with van der Waals surface area (Å²) in [5.74, 6) is 0. The number of hydrogen-bond donors (Lipinski definition) is 0. The Bertz CT molecular complexity index is 485. The molecule has 1 atom stereocenters. The number of rotatable bonds is 8. The minimum atomic E-state index is -3.14. The summed E-state index contributed by atoms with van der Waals surface area (Å²) in [7, 11) is -1.24. The average Bonchev–Trinajstić information content (AvgIpc) is 2.46. The van der Waals surface area contributed by atoms with Crippen molar-refractivity contribution in [2.75, 3.05) is 26.4 Å². The monoisotopic (exact) mass is 329 g/mol. The SMILES string of the molecule is CCOP(=O)(CC(=S)N(C)C(C)c1ccccc1)OCC. The van der Waals surface area contributed by atoms with Crippen LogP contribution < -0.4 is 0 Å². The predicted molar refractivity (Wildman–Crippen MR) is 90.9 cm³/mol. The van der Waals surface area contributed by atoms with Crippen molar-refractivity contribution in [3.05, 3.63) is 35.9 Å². The molecule has 0 amide bonds. The van der Waals surface area contributed by atoms with E-state index in [0.717, 1.165) is 5.56 Å². The molecule has 1 aromatic rings. The average molecular weight is 329 g/mol. The minimum absolute atomic E-state index is 0.107. The van der Waals surface area contributed by atoms with Gasteiger partial charge in [-0.3, -0.25) is 4.57 Å². The molecule has 4 nitrogen and oxygen atoms in total. The Morgan fingerprint density at radius 3 is 2.24 bits per heavy atom. The summed E-state index contributed by atoms with van der Waals surface area (Å²) in [6, 6.07) is 10.2. The van der Waals surface area contributed by atoms with Gasteiger partial charge in [0.05, 0.1) is 24.2 Å². The highest BCUT2D eigenvalue weighted by Crippen LogP contribution is 2.48. The molecule has 6 heteroatoms. The first kappa shape index (κ1) is 18.3. The van der Waals surface area contributed by atoms with Crippen LogP contribution in [0.5, 0.6) is 0 Å². The second-order valence-corrected chi connectivity index (χ2v) is 7.22. The van der Waals surface area contributed by atoms with E-state index in [1.165, 1.54) is 0 Å². The smallest absolute Gasteiger partial charge is 0.337 e. The molecule has 21 heavy (non-hydrogen) atoms. The maximum absolute atomic E-state index is 12.5. The van der Waals surface area contributed by atoms with Crippen LogP contribution in [0.15, 0.2) is 30.3 Å². The summed E-state index contributed by atoms with van der Waals surface area (Å²) in [6.07, 6.45) is 0.137. The Morgan fingerprint density at radius 1 is 1.24 bits per heavy atom. The van der Waals surface area contributed by atoms with Gasteiger partial charge in [-0.25, -0.2) is 0 Å². The van der Waals surface area contributed by atoms with E-state index in [1.54, 1.807) is 13.8 Å². The summed E-state index contributed by atoms with van der Waals surface area (Å²) in [4.78, 5) is 2.52. The molecule has 1 aromatic carbocycles. The largest absolute Gasteiger partial charge is 0.362 e. The molecule has 0 aliphatic heterocycles. The summed E-state index contributed by atoms with van der Waals surface area (Å²) < 4.78 is 23.1. The van der Waals surface area contributed by atoms with E-state index < -0.39 is 7.60 Å². The molecule has 0 saturated carbocycles. The van der Waals surface area contributed by atoms with Crippen LogP contribution in [0.3, 0.4) is 0 Å². The highest BCUT2D eigenvalue weighted by Gasteiger charge is 2.28. The van der Waals surface area contributed by atoms with Gasteiger partial charge in [-0.2, -0.15) is 0 Å². The molecule has 0 fully saturated rings. The fourth-order valence-corrected chi connectivity index (χ4v) is 4.20. The van der Waals surface area contributed by atoms with Gasteiger partial charge in [0.15, 0.2) is 0 Å². The van der Waals surface area contributed by atoms with Crippen molar-refractivity contribution in [1.29, 1.82) is 0 Å². The van der Waals surface area contributed by atoms with Crippen LogP contribution >= 0.6 is 19.8 Å². The number of hydrogen-bond acceptors (Lipinski definition) is 4. The first-order valence-corrected chi connectivity index (χ1v) is 9.26. The quantitative estimate of drug-likeness (QED) is 0.526. The van der Waals surface area contributed by atoms with Gasteiger partial charge < -0.3 is 13.9 Å². The predicted octanol–water partition coefficient (Wildman–Crippen LogP) is 4.27. The molecule has 0 saturated heterocycles. The second-order valence-electron chi connectivity index (χ2n) is 4.70. The summed E-state index contributed by atoms with van der Waals surface area (Å²) >= 11 is 5.42. The lowest BCUT2D eigenvalue weighted by molar-refractivity contribution is 0.222. The van der Waals surface area contributed by atoms with Gasteiger partial charge in [0, 0.05) is 7.05 Å². The van der Waals surface area contributed by atoms with Crippen LogP contribution in [-0.4, -0.2) is 36.3 Å². The van der Waals surface area contributed by atoms with Crippen molar-refractivity contribution in [1.82, 2.24) is 4.90 Å². The van der Waals surface area contributed by atoms with Crippen LogP contribution in [0.25, 0.3) is 0 Å². The molecule has 0 radical (unpaired) electrons. The first-order valence-electron chi connectivity index (χ1n) is 7.12. The van der Waals surface area contributed by atoms with Gasteiger partial charge >= 0.3 is 7.60 Å². The molecule has 0 aliphatic rings. The Hall–Kier alpha value is -0.740. The third-order valence-corrected chi connectivity index (χ3v) is 5.87. The number of benzene rings is 1. The van der Waals surface area contributed by atoms with E-state index in [9.17, 15) is 4.57 Å². The highest BCUT2D eigenvalue weighted by molar-refractivity contribution is 7.81. The van der Waals surface area contributed by atoms with Gasteiger partial charge in [0.25, 0.3) is 0 Å². The van der Waals surface area contributed by atoms with Gasteiger partial charge in [-0.1, -0.05) is 42.5 Å². The topological polar surface area (TPSA) is 38.8 Å². The molecule has 0 heterocycles. The van der Waals surface area contributed by atoms with Gasteiger partial charge in [-0.15, -0.1) is 0 Å². The van der Waals surface area contributed by atoms with E-state index in [1.807, 2.05) is 30.1 Å². The first-order chi connectivity index (χ1) is 9.93. The summed E-state index contributed by atoms with van der Waals surface area (Å²) in [5, 5.41) is 0. The number of nitrogens with zero attached hydrogens (tertiary/aromatic N) is 1. The molecule has 0 bridgehead atoms. The van der Waals surface area contributed by atoms with E-state index in [0.29, 0.717) is 18.2 Å². The molecule has 1 unspecified atom stereocenters. The normalized spacial score (nSPS) is 13.0. The molecule has 118 valence electrons. The van der Waals surface area contributed by atoms with Gasteiger partial charge in [0.1, 0.15) is 6.16 Å². The lowest BCUT2D eigenvalue weighted by Crippen LogP contribution is -2.31. The lowest BCUT2D eigenvalue weighted by Gasteiger charge is -2.29. The minimum Gasteiger partial charge on any atom is -0.362 e. The fourth-order valence-electron chi connectivity index (χ4n) is 1.97. The van der Waals surface area contributed by atoms with Crippen molar-refractivity contribution < 1.29 is 13.6 Å². The summed E-state index contributed by atoms with van der Waals surface area (Å²) in [6.45, 7) is 6.35. The molecular formula is C15H24NO3PS. The third kappa shape index (κ3) is 5.51. The molecule has 1 rings (SSSR count). The lowest BCUT2D eigenvalue weighted by atomic mass is 10.1. The van der Waals surface area contributed by atoms with Crippen molar-refractivity contribution >= 4 is 24.8 Å². The zero-order valence-electron chi connectivity index (χ0n) is 13.1. The van der Waals surface area contributed by atoms with E-state index in [-0.39, 0.29) is 12.2 Å². The molecule has 0 N–H and O–H groups in total. The fraction of sp³-hybridized carbons (Fsp3) is 0.533. The zero-order chi connectivity index (χ0) is 15.9. The Morgan fingerprint density at radius 2 is 1.76 bits per heavy atom. The van der Waals surface area contributed by atoms with E-state index in [2.05, 4.69) is 19.1 Å². The second kappa shape index (κ2) is 8.64. The molecule has 0 spiro atoms. The maximum Gasteiger partial charge on any atom is 0.337 e. The molecule has 0 aliphatic carbocycles. The van der Waals surface area contributed by atoms with Gasteiger partial charge in [-0.05, 0) is 26.3 Å². The van der Waals surface area contributed by atoms with E-state index >= 15 is 0 Å². The highest BCUT2D eigenvalue weighted by atomic mass is 32.1. The standard InChI is InChI=1S/C15H24NO3PS/c1-5-18-20(17,19-6-2)12-15(21)16(4)13(3)14-10-8-7-9-11-14/h7-11,13H,5-6,12H2,1-4H3. The molecular weight excluding hydrogens is 305 g/mol. The Labute approximate surface area is 133 Å². The van der Waals surface area contributed by atoms with Crippen LogP contribution in [0.2, 0.25) is 0 Å². The zero-order valence-corrected chi connectivity index (χ0v) is 14.8. The maximum atomic E-state index is 12.5. The van der Waals surface area contributed by atoms with Crippen molar-refractivity contribution in [3.8, 4) is 0 Å². The van der Waals surface area contributed by atoms with Crippen LogP contribution in [0.1, 0.15) is 32.4 Å². The van der Waals surface area contributed by atoms with Gasteiger partial charge in [0.2, 0.25) is 0 Å². The van der Waals surface area contributed by atoms with Crippen molar-refractivity contribution in [3.63, 3.8) is 0 Å². The van der Waals surface area contributed by atoms with Crippen molar-refractivity contribution in [2.45, 2.75) is 26.8 Å². The number of thiocarbonyl (C=S) groups is 1. The Kier molecular flexibility index (Phi) is 7.53. The van der Waals surface area contributed by atoms with E-state index in [4.69, 9.17) is 21.3 Å². The van der Waals surface area contributed by atoms with Crippen LogP contribution in [0.4, 0.5) is 0 Å². The summed E-state index contributed by atoms with van der Waals surface area (Å²) in [5.41, 5.74) is 1.16.